The predicted octanol–water partition coefficient (Wildman–Crippen LogP) is 4.25. The Morgan fingerprint density at radius 2 is 0.889 bits per heavy atom. The number of hydrogen-bond donors (Lipinski definition) is 0. The quantitative estimate of drug-likeness (QED) is 0.641. The molecule has 2 atom stereocenters. The van der Waals surface area contributed by atoms with Gasteiger partial charge in [-0.05, 0) is 52.9 Å². The lowest BCUT2D eigenvalue weighted by atomic mass is 9.89. The van der Waals surface area contributed by atoms with E-state index in [0.29, 0.717) is 0 Å². The molecule has 0 N–H and O–H groups in total. The summed E-state index contributed by atoms with van der Waals surface area (Å²) < 4.78 is 0. The first kappa shape index (κ1) is 20.2. The molecule has 0 radical (unpaired) electrons. The molecule has 2 saturated heterocycles. The summed E-state index contributed by atoms with van der Waals surface area (Å²) in [6.45, 7) is 14.6. The van der Waals surface area contributed by atoms with E-state index < -0.39 is 0 Å². The molecule has 2 nitrogen and oxygen atoms in total. The fourth-order valence-electron chi connectivity index (χ4n) is 2.84. The van der Waals surface area contributed by atoms with Gasteiger partial charge in [0, 0.05) is 12.1 Å². The van der Waals surface area contributed by atoms with Crippen LogP contribution in [0.3, 0.4) is 0 Å². The molecule has 0 aromatic rings. The summed E-state index contributed by atoms with van der Waals surface area (Å²) in [7, 11) is 4.58. The highest BCUT2D eigenvalue weighted by atomic mass is 15.2. The van der Waals surface area contributed by atoms with Gasteiger partial charge in [-0.2, -0.15) is 0 Å². The third-order valence-electron chi connectivity index (χ3n) is 3.60. The molecule has 2 unspecified atom stereocenters. The fraction of sp³-hybridized carbons (Fsp3) is 1.00. The zero-order chi connectivity index (χ0) is 14.6. The first-order chi connectivity index (χ1) is 8.79. The maximum absolute atomic E-state index is 2.56. The molecule has 0 bridgehead atoms. The van der Waals surface area contributed by atoms with Gasteiger partial charge in [0.25, 0.3) is 0 Å². The Hall–Kier alpha value is -0.0800. The minimum atomic E-state index is 0.859. The van der Waals surface area contributed by atoms with Crippen LogP contribution in [0.4, 0.5) is 0 Å². The zero-order valence-electron chi connectivity index (χ0n) is 14.3. The van der Waals surface area contributed by atoms with Gasteiger partial charge in [-0.1, -0.05) is 41.5 Å². The van der Waals surface area contributed by atoms with Crippen LogP contribution in [0.1, 0.15) is 67.2 Å². The maximum Gasteiger partial charge on any atom is 0.0248 e. The second-order valence-electron chi connectivity index (χ2n) is 4.38. The van der Waals surface area contributed by atoms with Crippen LogP contribution in [0.25, 0.3) is 0 Å². The van der Waals surface area contributed by atoms with Crippen molar-refractivity contribution in [1.82, 2.24) is 9.80 Å². The number of nitrogens with zero attached hydrogens (tertiary/aromatic N) is 2. The molecule has 0 aromatic carbocycles. The average molecular weight is 258 g/mol. The molecule has 0 saturated carbocycles. The Labute approximate surface area is 117 Å². The smallest absolute Gasteiger partial charge is 0.0248 e. The van der Waals surface area contributed by atoms with E-state index in [4.69, 9.17) is 0 Å². The Morgan fingerprint density at radius 3 is 1.17 bits per heavy atom. The SMILES string of the molecule is CC.CC.CC.CN1CCCC2C1CCCN2C. The molecule has 0 aliphatic carbocycles. The Bertz CT molecular complexity index is 141. The largest absolute Gasteiger partial charge is 0.302 e. The van der Waals surface area contributed by atoms with E-state index in [1.165, 1.54) is 38.8 Å². The molecule has 2 rings (SSSR count). The minimum Gasteiger partial charge on any atom is -0.302 e. The highest BCUT2D eigenvalue weighted by molar-refractivity contribution is 4.91. The Kier molecular flexibility index (Phi) is 15.0. The first-order valence-corrected chi connectivity index (χ1v) is 8.19. The summed E-state index contributed by atoms with van der Waals surface area (Å²) in [5.41, 5.74) is 0. The van der Waals surface area contributed by atoms with Crippen molar-refractivity contribution in [2.24, 2.45) is 0 Å². The van der Waals surface area contributed by atoms with E-state index >= 15 is 0 Å². The lowest BCUT2D eigenvalue weighted by Crippen LogP contribution is -2.55. The molecule has 2 aliphatic rings. The Morgan fingerprint density at radius 1 is 0.611 bits per heavy atom. The maximum atomic E-state index is 2.56. The van der Waals surface area contributed by atoms with Crippen molar-refractivity contribution in [2.75, 3.05) is 27.2 Å². The van der Waals surface area contributed by atoms with Crippen LogP contribution in [0.5, 0.6) is 0 Å². The molecule has 112 valence electrons. The zero-order valence-corrected chi connectivity index (χ0v) is 14.3. The summed E-state index contributed by atoms with van der Waals surface area (Å²) in [4.78, 5) is 5.12. The van der Waals surface area contributed by atoms with Crippen molar-refractivity contribution in [3.8, 4) is 0 Å². The van der Waals surface area contributed by atoms with Crippen molar-refractivity contribution in [3.05, 3.63) is 0 Å². The average Bonchev–Trinajstić information content (AvgIpc) is 2.47. The van der Waals surface area contributed by atoms with E-state index in [-0.39, 0.29) is 0 Å². The third kappa shape index (κ3) is 6.19. The van der Waals surface area contributed by atoms with E-state index in [1.807, 2.05) is 41.5 Å². The number of rotatable bonds is 0. The second-order valence-corrected chi connectivity index (χ2v) is 4.38. The van der Waals surface area contributed by atoms with Gasteiger partial charge in [-0.3, -0.25) is 0 Å². The summed E-state index contributed by atoms with van der Waals surface area (Å²) in [6.07, 6.45) is 5.63. The lowest BCUT2D eigenvalue weighted by molar-refractivity contribution is 0.0352. The predicted molar refractivity (Wildman–Crippen MR) is 85.3 cm³/mol. The lowest BCUT2D eigenvalue weighted by Gasteiger charge is -2.47. The second kappa shape index (κ2) is 13.4. The van der Waals surface area contributed by atoms with Gasteiger partial charge in [-0.25, -0.2) is 0 Å². The molecule has 0 aromatic heterocycles. The van der Waals surface area contributed by atoms with Crippen LogP contribution >= 0.6 is 0 Å². The molecule has 2 aliphatic heterocycles. The van der Waals surface area contributed by atoms with Crippen LogP contribution in [0.2, 0.25) is 0 Å². The topological polar surface area (TPSA) is 6.48 Å². The fourth-order valence-corrected chi connectivity index (χ4v) is 2.84. The molecule has 2 heteroatoms. The summed E-state index contributed by atoms with van der Waals surface area (Å²) >= 11 is 0. The highest BCUT2D eigenvalue weighted by Gasteiger charge is 2.33. The first-order valence-electron chi connectivity index (χ1n) is 8.19. The number of piperidine rings is 2. The van der Waals surface area contributed by atoms with Crippen LogP contribution in [-0.2, 0) is 0 Å². The van der Waals surface area contributed by atoms with Crippen LogP contribution < -0.4 is 0 Å². The van der Waals surface area contributed by atoms with Gasteiger partial charge in [-0.15, -0.1) is 0 Å². The van der Waals surface area contributed by atoms with Crippen molar-refractivity contribution < 1.29 is 0 Å². The molecule has 2 heterocycles. The Balaban J connectivity index is 0. The van der Waals surface area contributed by atoms with Crippen molar-refractivity contribution in [3.63, 3.8) is 0 Å². The van der Waals surface area contributed by atoms with Crippen LogP contribution in [0, 0.1) is 0 Å². The summed E-state index contributed by atoms with van der Waals surface area (Å²) in [6, 6.07) is 1.72. The molecule has 2 fully saturated rings. The van der Waals surface area contributed by atoms with Gasteiger partial charge >= 0.3 is 0 Å². The van der Waals surface area contributed by atoms with E-state index in [1.54, 1.807) is 0 Å². The molecule has 0 amide bonds. The van der Waals surface area contributed by atoms with E-state index in [2.05, 4.69) is 23.9 Å². The number of likely N-dealkylation sites (N-methyl/N-ethyl adjacent to an activating group) is 2. The molecular weight excluding hydrogens is 220 g/mol. The van der Waals surface area contributed by atoms with Crippen molar-refractivity contribution in [2.45, 2.75) is 79.3 Å². The van der Waals surface area contributed by atoms with Crippen LogP contribution in [-0.4, -0.2) is 49.1 Å². The molecule has 0 spiro atoms. The van der Waals surface area contributed by atoms with Gasteiger partial charge in [0.1, 0.15) is 0 Å². The van der Waals surface area contributed by atoms with Crippen molar-refractivity contribution >= 4 is 0 Å². The van der Waals surface area contributed by atoms with E-state index in [9.17, 15) is 0 Å². The summed E-state index contributed by atoms with van der Waals surface area (Å²) in [5, 5.41) is 0. The normalized spacial score (nSPS) is 27.3. The monoisotopic (exact) mass is 258 g/mol. The van der Waals surface area contributed by atoms with Gasteiger partial charge < -0.3 is 9.80 Å². The standard InChI is InChI=1S/C10H20N2.3C2H6/c1-11-7-3-6-10-9(11)5-4-8-12(10)2;3*1-2/h9-10H,3-8H2,1-2H3;3*1-2H3. The molecular formula is C16H38N2. The van der Waals surface area contributed by atoms with E-state index in [0.717, 1.165) is 12.1 Å². The third-order valence-corrected chi connectivity index (χ3v) is 3.60. The number of likely N-dealkylation sites (tertiary alicyclic amines) is 2. The highest BCUT2D eigenvalue weighted by Crippen LogP contribution is 2.27. The van der Waals surface area contributed by atoms with Gasteiger partial charge in [0.15, 0.2) is 0 Å². The van der Waals surface area contributed by atoms with Crippen molar-refractivity contribution in [1.29, 1.82) is 0 Å². The number of hydrogen-bond acceptors (Lipinski definition) is 2. The minimum absolute atomic E-state index is 0.859. The number of fused-ring (bicyclic) bond motifs is 1. The van der Waals surface area contributed by atoms with Gasteiger partial charge in [0.2, 0.25) is 0 Å². The summed E-state index contributed by atoms with van der Waals surface area (Å²) in [5.74, 6) is 0. The van der Waals surface area contributed by atoms with Crippen LogP contribution in [0.15, 0.2) is 0 Å². The molecule has 18 heavy (non-hydrogen) atoms. The van der Waals surface area contributed by atoms with Gasteiger partial charge in [0.05, 0.1) is 0 Å².